The van der Waals surface area contributed by atoms with Gasteiger partial charge in [0.15, 0.2) is 0 Å². The number of hydrogen-bond acceptors (Lipinski definition) is 7. The zero-order valence-electron chi connectivity index (χ0n) is 22.2. The number of carbonyl (C=O) groups is 4. The third-order valence-corrected chi connectivity index (χ3v) is 6.38. The van der Waals surface area contributed by atoms with Crippen molar-refractivity contribution >= 4 is 23.7 Å². The predicted octanol–water partition coefficient (Wildman–Crippen LogP) is 0.632. The van der Waals surface area contributed by atoms with E-state index < -0.39 is 47.9 Å². The number of amides is 3. The monoisotopic (exact) mass is 521 g/mol. The molecule has 0 bridgehead atoms. The molecular weight excluding hydrogens is 478 g/mol. The second kappa shape index (κ2) is 15.8. The molecule has 0 heterocycles. The number of carbonyl (C=O) groups excluding carboxylic acids is 3. The van der Waals surface area contributed by atoms with Gasteiger partial charge in [0.2, 0.25) is 17.7 Å². The summed E-state index contributed by atoms with van der Waals surface area (Å²) in [5, 5.41) is 27.0. The molecule has 0 fully saturated rings. The van der Waals surface area contributed by atoms with Gasteiger partial charge in [0.05, 0.1) is 6.04 Å². The van der Waals surface area contributed by atoms with Gasteiger partial charge in [-0.05, 0) is 55.3 Å². The van der Waals surface area contributed by atoms with Gasteiger partial charge in [-0.3, -0.25) is 14.4 Å². The highest BCUT2D eigenvalue weighted by atomic mass is 16.4. The van der Waals surface area contributed by atoms with E-state index in [0.29, 0.717) is 31.4 Å². The predicted molar refractivity (Wildman–Crippen MR) is 140 cm³/mol. The number of carboxylic acid groups (broad SMARTS) is 1. The minimum absolute atomic E-state index is 0.0398. The van der Waals surface area contributed by atoms with Gasteiger partial charge in [-0.25, -0.2) is 4.79 Å². The van der Waals surface area contributed by atoms with Crippen molar-refractivity contribution in [3.8, 4) is 5.75 Å². The molecule has 0 aliphatic rings. The average Bonchev–Trinajstić information content (AvgIpc) is 2.85. The molecule has 0 aliphatic heterocycles. The largest absolute Gasteiger partial charge is 0.508 e. The summed E-state index contributed by atoms with van der Waals surface area (Å²) < 4.78 is 0. The van der Waals surface area contributed by atoms with Crippen molar-refractivity contribution in [2.45, 2.75) is 84.0 Å². The molecule has 5 atom stereocenters. The number of nitrogens with one attached hydrogen (secondary N) is 3. The number of aliphatic carboxylic acids is 1. The van der Waals surface area contributed by atoms with E-state index >= 15 is 0 Å². The minimum Gasteiger partial charge on any atom is -0.508 e. The van der Waals surface area contributed by atoms with Gasteiger partial charge in [-0.15, -0.1) is 0 Å². The molecule has 37 heavy (non-hydrogen) atoms. The number of benzene rings is 1. The van der Waals surface area contributed by atoms with Gasteiger partial charge in [0.1, 0.15) is 23.9 Å². The van der Waals surface area contributed by atoms with Crippen LogP contribution in [0.25, 0.3) is 0 Å². The Labute approximate surface area is 218 Å². The average molecular weight is 522 g/mol. The molecule has 0 saturated carbocycles. The Kier molecular flexibility index (Phi) is 13.6. The molecule has 11 heteroatoms. The van der Waals surface area contributed by atoms with Crippen LogP contribution in [0.5, 0.6) is 5.75 Å². The zero-order chi connectivity index (χ0) is 28.1. The molecule has 0 spiro atoms. The summed E-state index contributed by atoms with van der Waals surface area (Å²) in [5.74, 6) is -3.27. The maximum Gasteiger partial charge on any atom is 0.326 e. The molecule has 0 radical (unpaired) electrons. The lowest BCUT2D eigenvalue weighted by Crippen LogP contribution is -2.59. The molecule has 0 aromatic heterocycles. The molecule has 3 amide bonds. The van der Waals surface area contributed by atoms with E-state index in [9.17, 15) is 29.4 Å². The van der Waals surface area contributed by atoms with Gasteiger partial charge >= 0.3 is 5.97 Å². The van der Waals surface area contributed by atoms with E-state index in [1.54, 1.807) is 26.0 Å². The summed E-state index contributed by atoms with van der Waals surface area (Å²) in [7, 11) is 0. The molecule has 0 unspecified atom stereocenters. The van der Waals surface area contributed by atoms with E-state index in [1.165, 1.54) is 12.1 Å². The van der Waals surface area contributed by atoms with Crippen LogP contribution in [0.4, 0.5) is 0 Å². The van der Waals surface area contributed by atoms with Crippen LogP contribution in [0.3, 0.4) is 0 Å². The van der Waals surface area contributed by atoms with Crippen LogP contribution in [-0.2, 0) is 25.6 Å². The molecule has 0 aliphatic carbocycles. The Morgan fingerprint density at radius 1 is 0.892 bits per heavy atom. The third-order valence-electron chi connectivity index (χ3n) is 6.38. The number of carboxylic acids is 1. The lowest BCUT2D eigenvalue weighted by Gasteiger charge is -2.28. The molecule has 1 aromatic rings. The Morgan fingerprint density at radius 2 is 1.49 bits per heavy atom. The Bertz CT molecular complexity index is 892. The number of hydrogen-bond donors (Lipinski definition) is 7. The van der Waals surface area contributed by atoms with Gasteiger partial charge in [-0.2, -0.15) is 0 Å². The van der Waals surface area contributed by atoms with E-state index in [1.807, 2.05) is 13.8 Å². The lowest BCUT2D eigenvalue weighted by atomic mass is 9.97. The highest BCUT2D eigenvalue weighted by molar-refractivity contribution is 5.94. The summed E-state index contributed by atoms with van der Waals surface area (Å²) >= 11 is 0. The Balaban J connectivity index is 3.12. The van der Waals surface area contributed by atoms with Crippen molar-refractivity contribution in [3.63, 3.8) is 0 Å². The maximum absolute atomic E-state index is 13.3. The summed E-state index contributed by atoms with van der Waals surface area (Å²) in [6.07, 6.45) is 2.05. The molecular formula is C26H43N5O6. The number of rotatable bonds is 16. The lowest BCUT2D eigenvalue weighted by molar-refractivity contribution is -0.142. The number of phenolic OH excluding ortho intramolecular Hbond substituents is 1. The summed E-state index contributed by atoms with van der Waals surface area (Å²) in [6.45, 7) is 7.68. The van der Waals surface area contributed by atoms with Crippen molar-refractivity contribution in [3.05, 3.63) is 29.8 Å². The number of nitrogens with two attached hydrogens (primary N) is 2. The van der Waals surface area contributed by atoms with Gasteiger partial charge in [0, 0.05) is 6.42 Å². The normalized spacial score (nSPS) is 15.2. The fourth-order valence-electron chi connectivity index (χ4n) is 3.66. The molecule has 11 nitrogen and oxygen atoms in total. The van der Waals surface area contributed by atoms with Crippen LogP contribution in [0.1, 0.15) is 58.9 Å². The zero-order valence-corrected chi connectivity index (χ0v) is 22.2. The SMILES string of the molecule is CC[C@H](C)[C@H](N)C(=O)N[C@H](C(=O)N[C@@H](Cc1ccc(O)cc1)C(=O)N[C@@H](CCCCN)C(=O)O)C(C)C. The molecule has 208 valence electrons. The quantitative estimate of drug-likeness (QED) is 0.154. The Morgan fingerprint density at radius 3 is 2.00 bits per heavy atom. The summed E-state index contributed by atoms with van der Waals surface area (Å²) in [6, 6.07) is 2.08. The Hall–Kier alpha value is -3.18. The standard InChI is InChI=1S/C26H43N5O6/c1-5-16(4)21(28)24(34)31-22(15(2)3)25(35)30-20(14-17-9-11-18(32)12-10-17)23(33)29-19(26(36)37)8-6-7-13-27/h9-12,15-16,19-22,32H,5-8,13-14,27-28H2,1-4H3,(H,29,33)(H,30,35)(H,31,34)(H,36,37)/t16-,19-,20-,21-,22-/m0/s1. The second-order valence-corrected chi connectivity index (χ2v) is 9.76. The van der Waals surface area contributed by atoms with Crippen molar-refractivity contribution in [2.75, 3.05) is 6.54 Å². The first-order valence-corrected chi connectivity index (χ1v) is 12.8. The molecule has 0 saturated heterocycles. The van der Waals surface area contributed by atoms with Crippen LogP contribution in [-0.4, -0.2) is 64.6 Å². The smallest absolute Gasteiger partial charge is 0.326 e. The highest BCUT2D eigenvalue weighted by Gasteiger charge is 2.32. The van der Waals surface area contributed by atoms with Crippen LogP contribution in [0, 0.1) is 11.8 Å². The van der Waals surface area contributed by atoms with E-state index in [2.05, 4.69) is 16.0 Å². The van der Waals surface area contributed by atoms with Gasteiger partial charge < -0.3 is 37.6 Å². The number of unbranched alkanes of at least 4 members (excludes halogenated alkanes) is 1. The summed E-state index contributed by atoms with van der Waals surface area (Å²) in [5.41, 5.74) is 12.1. The fraction of sp³-hybridized carbons (Fsp3) is 0.615. The minimum atomic E-state index is -1.19. The fourth-order valence-corrected chi connectivity index (χ4v) is 3.66. The van der Waals surface area contributed by atoms with Crippen molar-refractivity contribution < 1.29 is 29.4 Å². The molecule has 1 aromatic carbocycles. The number of aromatic hydroxyl groups is 1. The molecule has 1 rings (SSSR count). The van der Waals surface area contributed by atoms with Crippen molar-refractivity contribution in [2.24, 2.45) is 23.3 Å². The third kappa shape index (κ3) is 10.8. The van der Waals surface area contributed by atoms with E-state index in [-0.39, 0.29) is 30.4 Å². The summed E-state index contributed by atoms with van der Waals surface area (Å²) in [4.78, 5) is 50.8. The van der Waals surface area contributed by atoms with Crippen molar-refractivity contribution in [1.82, 2.24) is 16.0 Å². The van der Waals surface area contributed by atoms with Gasteiger partial charge in [0.25, 0.3) is 0 Å². The molecule has 9 N–H and O–H groups in total. The first-order valence-electron chi connectivity index (χ1n) is 12.8. The van der Waals surface area contributed by atoms with Crippen LogP contribution >= 0.6 is 0 Å². The van der Waals surface area contributed by atoms with Crippen LogP contribution in [0.15, 0.2) is 24.3 Å². The highest BCUT2D eigenvalue weighted by Crippen LogP contribution is 2.13. The first kappa shape index (κ1) is 31.8. The first-order chi connectivity index (χ1) is 17.4. The van der Waals surface area contributed by atoms with Crippen LogP contribution in [0.2, 0.25) is 0 Å². The van der Waals surface area contributed by atoms with E-state index in [4.69, 9.17) is 11.5 Å². The van der Waals surface area contributed by atoms with Crippen LogP contribution < -0.4 is 27.4 Å². The van der Waals surface area contributed by atoms with E-state index in [0.717, 1.165) is 0 Å². The topological polar surface area (TPSA) is 197 Å². The van der Waals surface area contributed by atoms with Crippen molar-refractivity contribution in [1.29, 1.82) is 0 Å². The maximum atomic E-state index is 13.3. The second-order valence-electron chi connectivity index (χ2n) is 9.76. The number of phenols is 1. The van der Waals surface area contributed by atoms with Gasteiger partial charge in [-0.1, -0.05) is 46.2 Å².